The van der Waals surface area contributed by atoms with Crippen LogP contribution in [-0.2, 0) is 0 Å². The number of carbonyl (C=O) groups excluding carboxylic acids is 1. The van der Waals surface area contributed by atoms with Crippen LogP contribution >= 0.6 is 12.2 Å². The number of H-pyrrole nitrogens is 1. The molecule has 7 heteroatoms. The minimum absolute atomic E-state index is 0.0969. The monoisotopic (exact) mass is 267 g/mol. The third-order valence-electron chi connectivity index (χ3n) is 3.05. The molecule has 1 fully saturated rings. The molecule has 2 heterocycles. The van der Waals surface area contributed by atoms with Crippen LogP contribution in [0.2, 0.25) is 0 Å². The number of thiocarbonyl (C=S) groups is 1. The van der Waals surface area contributed by atoms with E-state index in [4.69, 9.17) is 18.0 Å². The number of nitrogens with one attached hydrogen (secondary N) is 2. The molecule has 0 atom stereocenters. The van der Waals surface area contributed by atoms with Gasteiger partial charge < -0.3 is 11.1 Å². The zero-order chi connectivity index (χ0) is 13.0. The van der Waals surface area contributed by atoms with Crippen molar-refractivity contribution >= 4 is 23.1 Å². The maximum absolute atomic E-state index is 11.8. The minimum Gasteiger partial charge on any atom is -0.392 e. The van der Waals surface area contributed by atoms with Gasteiger partial charge in [0.05, 0.1) is 4.99 Å². The average Bonchev–Trinajstić information content (AvgIpc) is 2.84. The SMILES string of the molecule is NC(=S)CN1CCC(NC(=O)c2ccn[nH]2)CC1. The van der Waals surface area contributed by atoms with Crippen molar-refractivity contribution in [2.24, 2.45) is 5.73 Å². The molecule has 0 radical (unpaired) electrons. The third kappa shape index (κ3) is 3.51. The van der Waals surface area contributed by atoms with Crippen LogP contribution in [0.1, 0.15) is 23.3 Å². The fourth-order valence-electron chi connectivity index (χ4n) is 2.10. The molecule has 2 rings (SSSR count). The predicted molar refractivity (Wildman–Crippen MR) is 72.3 cm³/mol. The molecule has 0 spiro atoms. The number of rotatable bonds is 4. The van der Waals surface area contributed by atoms with E-state index in [2.05, 4.69) is 20.4 Å². The summed E-state index contributed by atoms with van der Waals surface area (Å²) in [4.78, 5) is 14.5. The van der Waals surface area contributed by atoms with Crippen molar-refractivity contribution in [2.75, 3.05) is 19.6 Å². The Morgan fingerprint density at radius 1 is 1.61 bits per heavy atom. The lowest BCUT2D eigenvalue weighted by molar-refractivity contribution is 0.0910. The van der Waals surface area contributed by atoms with E-state index < -0.39 is 0 Å². The largest absolute Gasteiger partial charge is 0.392 e. The van der Waals surface area contributed by atoms with Crippen molar-refractivity contribution in [3.05, 3.63) is 18.0 Å². The van der Waals surface area contributed by atoms with Crippen LogP contribution < -0.4 is 11.1 Å². The number of carbonyl (C=O) groups is 1. The van der Waals surface area contributed by atoms with Gasteiger partial charge in [-0.3, -0.25) is 14.8 Å². The number of aromatic nitrogens is 2. The molecule has 1 aromatic heterocycles. The van der Waals surface area contributed by atoms with Gasteiger partial charge in [-0.2, -0.15) is 5.10 Å². The lowest BCUT2D eigenvalue weighted by Crippen LogP contribution is -2.46. The molecule has 0 aromatic carbocycles. The molecule has 0 saturated carbocycles. The van der Waals surface area contributed by atoms with Gasteiger partial charge in [0.2, 0.25) is 0 Å². The van der Waals surface area contributed by atoms with Crippen LogP contribution in [0.25, 0.3) is 0 Å². The number of likely N-dealkylation sites (tertiary alicyclic amines) is 1. The first-order valence-electron chi connectivity index (χ1n) is 5.96. The van der Waals surface area contributed by atoms with E-state index in [1.165, 1.54) is 0 Å². The van der Waals surface area contributed by atoms with Crippen molar-refractivity contribution < 1.29 is 4.79 Å². The van der Waals surface area contributed by atoms with E-state index in [1.807, 2.05) is 0 Å². The Kier molecular flexibility index (Phi) is 4.27. The first kappa shape index (κ1) is 13.0. The minimum atomic E-state index is -0.0969. The van der Waals surface area contributed by atoms with Crippen LogP contribution in [0.3, 0.4) is 0 Å². The van der Waals surface area contributed by atoms with Crippen LogP contribution in [0.4, 0.5) is 0 Å². The number of piperidine rings is 1. The number of nitrogens with zero attached hydrogens (tertiary/aromatic N) is 2. The van der Waals surface area contributed by atoms with Crippen LogP contribution in [0, 0.1) is 0 Å². The second-order valence-corrected chi connectivity index (χ2v) is 4.98. The van der Waals surface area contributed by atoms with E-state index in [1.54, 1.807) is 12.3 Å². The molecule has 98 valence electrons. The molecule has 18 heavy (non-hydrogen) atoms. The van der Waals surface area contributed by atoms with E-state index in [0.29, 0.717) is 17.2 Å². The number of nitrogens with two attached hydrogens (primary N) is 1. The summed E-state index contributed by atoms with van der Waals surface area (Å²) >= 11 is 4.89. The van der Waals surface area contributed by atoms with Gasteiger partial charge in [-0.05, 0) is 18.9 Å². The molecule has 1 aliphatic heterocycles. The Labute approximate surface area is 111 Å². The van der Waals surface area contributed by atoms with Gasteiger partial charge in [0.15, 0.2) is 0 Å². The van der Waals surface area contributed by atoms with Crippen LogP contribution in [0.5, 0.6) is 0 Å². The number of amides is 1. The van der Waals surface area contributed by atoms with Gasteiger partial charge in [0, 0.05) is 31.9 Å². The summed E-state index contributed by atoms with van der Waals surface area (Å²) in [6.07, 6.45) is 3.41. The smallest absolute Gasteiger partial charge is 0.269 e. The summed E-state index contributed by atoms with van der Waals surface area (Å²) in [7, 11) is 0. The highest BCUT2D eigenvalue weighted by atomic mass is 32.1. The van der Waals surface area contributed by atoms with Crippen molar-refractivity contribution in [3.63, 3.8) is 0 Å². The van der Waals surface area contributed by atoms with Gasteiger partial charge in [-0.1, -0.05) is 12.2 Å². The molecule has 1 amide bonds. The van der Waals surface area contributed by atoms with Crippen molar-refractivity contribution in [1.82, 2.24) is 20.4 Å². The summed E-state index contributed by atoms with van der Waals surface area (Å²) in [5, 5.41) is 9.41. The lowest BCUT2D eigenvalue weighted by Gasteiger charge is -2.31. The van der Waals surface area contributed by atoms with Gasteiger partial charge in [-0.25, -0.2) is 0 Å². The normalized spacial score (nSPS) is 17.6. The van der Waals surface area contributed by atoms with Gasteiger partial charge in [0.25, 0.3) is 5.91 Å². The Hall–Kier alpha value is -1.47. The average molecular weight is 267 g/mol. The molecule has 1 saturated heterocycles. The van der Waals surface area contributed by atoms with E-state index in [9.17, 15) is 4.79 Å². The highest BCUT2D eigenvalue weighted by Crippen LogP contribution is 2.10. The molecule has 1 aromatic rings. The maximum atomic E-state index is 11.8. The van der Waals surface area contributed by atoms with E-state index >= 15 is 0 Å². The maximum Gasteiger partial charge on any atom is 0.269 e. The summed E-state index contributed by atoms with van der Waals surface area (Å²) < 4.78 is 0. The van der Waals surface area contributed by atoms with Crippen molar-refractivity contribution in [3.8, 4) is 0 Å². The summed E-state index contributed by atoms with van der Waals surface area (Å²) in [6, 6.07) is 1.88. The zero-order valence-corrected chi connectivity index (χ0v) is 10.9. The number of aromatic amines is 1. The Morgan fingerprint density at radius 2 is 2.33 bits per heavy atom. The molecule has 0 bridgehead atoms. The zero-order valence-electron chi connectivity index (χ0n) is 10.1. The summed E-state index contributed by atoms with van der Waals surface area (Å²) in [5.41, 5.74) is 6.01. The molecular weight excluding hydrogens is 250 g/mol. The second kappa shape index (κ2) is 5.92. The molecule has 6 nitrogen and oxygen atoms in total. The summed E-state index contributed by atoms with van der Waals surface area (Å²) in [5.74, 6) is -0.0969. The van der Waals surface area contributed by atoms with Crippen molar-refractivity contribution in [1.29, 1.82) is 0 Å². The highest BCUT2D eigenvalue weighted by Gasteiger charge is 2.21. The number of hydrogen-bond acceptors (Lipinski definition) is 4. The van der Waals surface area contributed by atoms with E-state index in [-0.39, 0.29) is 11.9 Å². The lowest BCUT2D eigenvalue weighted by atomic mass is 10.0. The van der Waals surface area contributed by atoms with Gasteiger partial charge in [-0.15, -0.1) is 0 Å². The third-order valence-corrected chi connectivity index (χ3v) is 3.18. The summed E-state index contributed by atoms with van der Waals surface area (Å²) in [6.45, 7) is 2.48. The topological polar surface area (TPSA) is 87.0 Å². The number of hydrogen-bond donors (Lipinski definition) is 3. The van der Waals surface area contributed by atoms with Gasteiger partial charge >= 0.3 is 0 Å². The first-order valence-corrected chi connectivity index (χ1v) is 6.37. The Morgan fingerprint density at radius 3 is 2.89 bits per heavy atom. The standard InChI is InChI=1S/C11H17N5OS/c12-10(18)7-16-5-2-8(3-6-16)14-11(17)9-1-4-13-15-9/h1,4,8H,2-3,5-7H2,(H2,12,18)(H,13,15)(H,14,17). The fourth-order valence-corrected chi connectivity index (χ4v) is 2.28. The van der Waals surface area contributed by atoms with Crippen LogP contribution in [0.15, 0.2) is 12.3 Å². The van der Waals surface area contributed by atoms with Crippen LogP contribution in [-0.4, -0.2) is 51.7 Å². The fraction of sp³-hybridized carbons (Fsp3) is 0.545. The first-order chi connectivity index (χ1) is 8.65. The second-order valence-electron chi connectivity index (χ2n) is 4.46. The van der Waals surface area contributed by atoms with Crippen molar-refractivity contribution in [2.45, 2.75) is 18.9 Å². The van der Waals surface area contributed by atoms with E-state index in [0.717, 1.165) is 25.9 Å². The molecule has 0 aliphatic carbocycles. The predicted octanol–water partition coefficient (Wildman–Crippen LogP) is -0.110. The Bertz CT molecular complexity index is 411. The van der Waals surface area contributed by atoms with Gasteiger partial charge in [0.1, 0.15) is 5.69 Å². The molecule has 4 N–H and O–H groups in total. The molecular formula is C11H17N5OS. The Balaban J connectivity index is 1.77. The molecule has 0 unspecified atom stereocenters. The molecule has 1 aliphatic rings. The quantitative estimate of drug-likeness (QED) is 0.663. The highest BCUT2D eigenvalue weighted by molar-refractivity contribution is 7.80.